The first-order chi connectivity index (χ1) is 17.8. The maximum absolute atomic E-state index is 5.01. The topological polar surface area (TPSA) is 17.3 Å². The Balaban J connectivity index is 1.61. The van der Waals surface area contributed by atoms with E-state index in [-0.39, 0.29) is 0 Å². The van der Waals surface area contributed by atoms with E-state index in [1.54, 1.807) is 0 Å². The Kier molecular flexibility index (Phi) is 5.77. The summed E-state index contributed by atoms with van der Waals surface area (Å²) in [5, 5.41) is 2.34. The van der Waals surface area contributed by atoms with Gasteiger partial charge in [-0.05, 0) is 47.7 Å². The molecule has 0 radical (unpaired) electrons. The molecule has 0 saturated carbocycles. The molecule has 0 N–H and O–H groups in total. The molecule has 0 atom stereocenters. The fraction of sp³-hybridized carbons (Fsp3) is 0.0294. The third-order valence-corrected chi connectivity index (χ3v) is 6.55. The van der Waals surface area contributed by atoms with Gasteiger partial charge in [-0.3, -0.25) is 4.99 Å². The molecule has 36 heavy (non-hydrogen) atoms. The maximum atomic E-state index is 5.01. The van der Waals surface area contributed by atoms with E-state index in [9.17, 15) is 0 Å². The summed E-state index contributed by atoms with van der Waals surface area (Å²) in [6.07, 6.45) is 2.02. The van der Waals surface area contributed by atoms with Gasteiger partial charge in [0, 0.05) is 22.9 Å². The van der Waals surface area contributed by atoms with Crippen LogP contribution in [0.5, 0.6) is 0 Å². The van der Waals surface area contributed by atoms with E-state index in [2.05, 4.69) is 145 Å². The number of aryl methyl sites for hydroxylation is 1. The van der Waals surface area contributed by atoms with Gasteiger partial charge in [0.15, 0.2) is 0 Å². The normalized spacial score (nSPS) is 11.4. The number of fused-ring (bicyclic) bond motifs is 1. The highest BCUT2D eigenvalue weighted by molar-refractivity contribution is 5.98. The molecule has 6 rings (SSSR count). The Labute approximate surface area is 211 Å². The molecule has 0 bridgehead atoms. The fourth-order valence-corrected chi connectivity index (χ4v) is 4.76. The van der Waals surface area contributed by atoms with E-state index in [4.69, 9.17) is 4.99 Å². The third kappa shape index (κ3) is 4.14. The summed E-state index contributed by atoms with van der Waals surface area (Å²) in [5.41, 5.74) is 9.00. The molecule has 6 aromatic rings. The number of rotatable bonds is 5. The molecule has 0 aliphatic heterocycles. The molecule has 0 spiro atoms. The van der Waals surface area contributed by atoms with Crippen LogP contribution in [0.3, 0.4) is 0 Å². The molecule has 0 aliphatic rings. The Bertz CT molecular complexity index is 1650. The second-order valence-corrected chi connectivity index (χ2v) is 8.99. The average molecular weight is 463 g/mol. The van der Waals surface area contributed by atoms with E-state index in [1.807, 2.05) is 6.21 Å². The van der Waals surface area contributed by atoms with Crippen molar-refractivity contribution < 1.29 is 0 Å². The average Bonchev–Trinajstić information content (AvgIpc) is 3.33. The van der Waals surface area contributed by atoms with Gasteiger partial charge in [-0.15, -0.1) is 0 Å². The molecule has 0 fully saturated rings. The molecule has 1 aromatic heterocycles. The highest BCUT2D eigenvalue weighted by Crippen LogP contribution is 2.36. The number of nitrogens with zero attached hydrogens (tertiary/aromatic N) is 2. The van der Waals surface area contributed by atoms with Crippen LogP contribution in [0.4, 0.5) is 5.69 Å². The van der Waals surface area contributed by atoms with Crippen LogP contribution in [0.15, 0.2) is 138 Å². The van der Waals surface area contributed by atoms with Crippen LogP contribution < -0.4 is 0 Å². The summed E-state index contributed by atoms with van der Waals surface area (Å²) < 4.78 is 2.36. The zero-order valence-electron chi connectivity index (χ0n) is 20.2. The largest absolute Gasteiger partial charge is 0.309 e. The second-order valence-electron chi connectivity index (χ2n) is 8.99. The lowest BCUT2D eigenvalue weighted by molar-refractivity contribution is 1.09. The van der Waals surface area contributed by atoms with Crippen LogP contribution in [0.25, 0.3) is 39.0 Å². The van der Waals surface area contributed by atoms with Crippen molar-refractivity contribution in [3.8, 4) is 28.2 Å². The molecule has 5 aromatic carbocycles. The van der Waals surface area contributed by atoms with E-state index in [0.717, 1.165) is 39.3 Å². The Morgan fingerprint density at radius 1 is 0.611 bits per heavy atom. The van der Waals surface area contributed by atoms with Gasteiger partial charge in [0.2, 0.25) is 0 Å². The highest BCUT2D eigenvalue weighted by atomic mass is 15.0. The van der Waals surface area contributed by atoms with Crippen molar-refractivity contribution in [2.24, 2.45) is 4.99 Å². The Morgan fingerprint density at radius 3 is 2.00 bits per heavy atom. The number of aliphatic imine (C=N–C) groups is 1. The molecule has 0 saturated heterocycles. The number of aromatic nitrogens is 1. The minimum atomic E-state index is 0.969. The van der Waals surface area contributed by atoms with Crippen LogP contribution in [-0.4, -0.2) is 10.8 Å². The SMILES string of the molecule is Cc1ccc(-n2c(-c3ccccc3)cc(C=Nc3cccc4ccccc34)c2-c2ccccc2)cc1. The summed E-state index contributed by atoms with van der Waals surface area (Å²) >= 11 is 0. The molecule has 2 nitrogen and oxygen atoms in total. The van der Waals surface area contributed by atoms with E-state index >= 15 is 0 Å². The predicted molar refractivity (Wildman–Crippen MR) is 153 cm³/mol. The van der Waals surface area contributed by atoms with E-state index in [1.165, 1.54) is 16.5 Å². The van der Waals surface area contributed by atoms with Gasteiger partial charge < -0.3 is 4.57 Å². The molecule has 0 aliphatic carbocycles. The van der Waals surface area contributed by atoms with Crippen LogP contribution in [-0.2, 0) is 0 Å². The van der Waals surface area contributed by atoms with Gasteiger partial charge in [-0.25, -0.2) is 0 Å². The van der Waals surface area contributed by atoms with Crippen molar-refractivity contribution >= 4 is 22.7 Å². The minimum Gasteiger partial charge on any atom is -0.309 e. The van der Waals surface area contributed by atoms with Crippen molar-refractivity contribution in [3.05, 3.63) is 145 Å². The summed E-state index contributed by atoms with van der Waals surface area (Å²) in [4.78, 5) is 5.01. The molecular formula is C34H26N2. The Hall–Kier alpha value is -4.69. The highest BCUT2D eigenvalue weighted by Gasteiger charge is 2.18. The monoisotopic (exact) mass is 462 g/mol. The van der Waals surface area contributed by atoms with Gasteiger partial charge in [-0.1, -0.05) is 115 Å². The summed E-state index contributed by atoms with van der Waals surface area (Å²) in [7, 11) is 0. The molecule has 0 unspecified atom stereocenters. The third-order valence-electron chi connectivity index (χ3n) is 6.55. The van der Waals surface area contributed by atoms with Crippen molar-refractivity contribution in [1.82, 2.24) is 4.57 Å². The summed E-state index contributed by atoms with van der Waals surface area (Å²) in [6.45, 7) is 2.12. The van der Waals surface area contributed by atoms with Crippen molar-refractivity contribution in [1.29, 1.82) is 0 Å². The lowest BCUT2D eigenvalue weighted by Crippen LogP contribution is -2.00. The van der Waals surface area contributed by atoms with Gasteiger partial charge >= 0.3 is 0 Å². The number of hydrogen-bond donors (Lipinski definition) is 0. The first-order valence-corrected chi connectivity index (χ1v) is 12.2. The zero-order chi connectivity index (χ0) is 24.3. The van der Waals surface area contributed by atoms with Gasteiger partial charge in [0.25, 0.3) is 0 Å². The molecule has 0 amide bonds. The fourth-order valence-electron chi connectivity index (χ4n) is 4.76. The molecule has 1 heterocycles. The quantitative estimate of drug-likeness (QED) is 0.227. The van der Waals surface area contributed by atoms with Gasteiger partial charge in [-0.2, -0.15) is 0 Å². The molecule has 2 heteroatoms. The van der Waals surface area contributed by atoms with Crippen molar-refractivity contribution in [2.45, 2.75) is 6.92 Å². The zero-order valence-corrected chi connectivity index (χ0v) is 20.2. The van der Waals surface area contributed by atoms with Gasteiger partial charge in [0.05, 0.1) is 17.1 Å². The smallest absolute Gasteiger partial charge is 0.0708 e. The first-order valence-electron chi connectivity index (χ1n) is 12.2. The summed E-state index contributed by atoms with van der Waals surface area (Å²) in [5.74, 6) is 0. The van der Waals surface area contributed by atoms with Crippen LogP contribution in [0.1, 0.15) is 11.1 Å². The minimum absolute atomic E-state index is 0.969. The summed E-state index contributed by atoms with van der Waals surface area (Å²) in [6, 6.07) is 46.8. The van der Waals surface area contributed by atoms with E-state index in [0.29, 0.717) is 0 Å². The number of hydrogen-bond acceptors (Lipinski definition) is 1. The number of benzene rings is 5. The lowest BCUT2D eigenvalue weighted by atomic mass is 10.1. The Morgan fingerprint density at radius 2 is 1.25 bits per heavy atom. The van der Waals surface area contributed by atoms with E-state index < -0.39 is 0 Å². The van der Waals surface area contributed by atoms with Crippen LogP contribution in [0, 0.1) is 6.92 Å². The van der Waals surface area contributed by atoms with Crippen molar-refractivity contribution in [3.63, 3.8) is 0 Å². The molecule has 172 valence electrons. The van der Waals surface area contributed by atoms with Gasteiger partial charge in [0.1, 0.15) is 0 Å². The van der Waals surface area contributed by atoms with Crippen LogP contribution >= 0.6 is 0 Å². The second kappa shape index (κ2) is 9.52. The first kappa shape index (κ1) is 21.8. The standard InChI is InChI=1S/C34H26N2/c1-25-19-21-30(22-20-25)36-33(27-12-4-2-5-13-27)23-29(34(36)28-14-6-3-7-15-28)24-35-32-18-10-16-26-11-8-9-17-31(26)32/h2-24H,1H3. The van der Waals surface area contributed by atoms with Crippen molar-refractivity contribution in [2.75, 3.05) is 0 Å². The van der Waals surface area contributed by atoms with Crippen LogP contribution in [0.2, 0.25) is 0 Å². The predicted octanol–water partition coefficient (Wildman–Crippen LogP) is 9.02. The lowest BCUT2D eigenvalue weighted by Gasteiger charge is -2.15. The molecular weight excluding hydrogens is 436 g/mol. The maximum Gasteiger partial charge on any atom is 0.0708 e.